The molecule has 6 N–H and O–H groups in total. The van der Waals surface area contributed by atoms with Crippen LogP contribution in [-0.4, -0.2) is 74.8 Å². The van der Waals surface area contributed by atoms with Gasteiger partial charge in [0, 0.05) is 62.1 Å². The zero-order valence-electron chi connectivity index (χ0n) is 27.0. The van der Waals surface area contributed by atoms with E-state index in [1.165, 1.54) is 52.9 Å². The standard InChI is InChI=1S/C33H35ClN8O6S/c1-40-17-23(15-26(40)31(46)36-12-10-30(35)45)38-32(47)27-16-24(18-41(27)2)39-33(48)28-14-22(19-42(28,3)37-20-43)29(44)9-6-21-4-7-25(8-5-21)49-13-11-34/h4-9,14-20H,10-13H2,1-3H3,(H5-,35,36,37,38,39,43,45,46,47,48)/p+1. The number of anilines is 2. The number of nitrogens with zero attached hydrogens (tertiary/aromatic N) is 3. The molecule has 1 unspecified atom stereocenters. The maximum absolute atomic E-state index is 13.5. The number of aromatic nitrogens is 2. The summed E-state index contributed by atoms with van der Waals surface area (Å²) in [5.41, 5.74) is 9.81. The average Bonchev–Trinajstić information content (AvgIpc) is 3.72. The molecular weight excluding hydrogens is 672 g/mol. The summed E-state index contributed by atoms with van der Waals surface area (Å²) >= 11 is 7.38. The number of carbonyl (C=O) groups is 6. The van der Waals surface area contributed by atoms with Crippen LogP contribution in [0.4, 0.5) is 11.4 Å². The molecule has 0 fully saturated rings. The highest BCUT2D eigenvalue weighted by Gasteiger charge is 2.39. The third-order valence-electron chi connectivity index (χ3n) is 7.33. The zero-order chi connectivity index (χ0) is 35.7. The normalized spacial score (nSPS) is 15.3. The van der Waals surface area contributed by atoms with E-state index in [9.17, 15) is 28.8 Å². The lowest BCUT2D eigenvalue weighted by molar-refractivity contribution is -0.849. The Balaban J connectivity index is 1.43. The van der Waals surface area contributed by atoms with E-state index in [1.54, 1.807) is 38.1 Å². The van der Waals surface area contributed by atoms with Crippen molar-refractivity contribution in [3.05, 3.63) is 95.4 Å². The van der Waals surface area contributed by atoms with Gasteiger partial charge in [0.05, 0.1) is 16.9 Å². The number of carbonyl (C=O) groups excluding carboxylic acids is 6. The number of nitrogens with two attached hydrogens (primary N) is 1. The highest BCUT2D eigenvalue weighted by Crippen LogP contribution is 2.27. The number of hydrogen-bond donors (Lipinski definition) is 5. The number of aryl methyl sites for hydroxylation is 2. The number of primary amides is 1. The molecule has 3 aromatic rings. The number of halogens is 1. The third kappa shape index (κ3) is 9.37. The molecule has 0 saturated carbocycles. The van der Waals surface area contributed by atoms with Crippen molar-refractivity contribution in [2.24, 2.45) is 19.8 Å². The van der Waals surface area contributed by atoms with Crippen LogP contribution in [0.15, 0.2) is 83.3 Å². The molecule has 3 heterocycles. The predicted molar refractivity (Wildman–Crippen MR) is 187 cm³/mol. The van der Waals surface area contributed by atoms with Crippen molar-refractivity contribution in [3.63, 3.8) is 0 Å². The molecule has 0 aliphatic carbocycles. The van der Waals surface area contributed by atoms with Gasteiger partial charge in [0.1, 0.15) is 24.6 Å². The Bertz CT molecular complexity index is 1880. The Morgan fingerprint density at radius 3 is 2.14 bits per heavy atom. The highest BCUT2D eigenvalue weighted by molar-refractivity contribution is 7.99. The van der Waals surface area contributed by atoms with E-state index in [-0.39, 0.29) is 47.1 Å². The number of likely N-dealkylation sites (N-methyl/N-ethyl adjacent to an activating group) is 1. The Kier molecular flexibility index (Phi) is 12.0. The number of benzene rings is 1. The van der Waals surface area contributed by atoms with Crippen LogP contribution in [0, 0.1) is 0 Å². The van der Waals surface area contributed by atoms with Crippen LogP contribution in [-0.2, 0) is 33.3 Å². The summed E-state index contributed by atoms with van der Waals surface area (Å²) in [6.07, 6.45) is 9.42. The Labute approximate surface area is 291 Å². The summed E-state index contributed by atoms with van der Waals surface area (Å²) in [7, 11) is 4.79. The average molecular weight is 708 g/mol. The van der Waals surface area contributed by atoms with E-state index in [2.05, 4.69) is 21.4 Å². The van der Waals surface area contributed by atoms with Gasteiger partial charge >= 0.3 is 5.91 Å². The Hall–Kier alpha value is -5.38. The molecule has 0 spiro atoms. The van der Waals surface area contributed by atoms with Gasteiger partial charge in [-0.3, -0.25) is 28.8 Å². The van der Waals surface area contributed by atoms with Gasteiger partial charge in [0.25, 0.3) is 18.2 Å². The van der Waals surface area contributed by atoms with Crippen LogP contribution < -0.4 is 27.1 Å². The summed E-state index contributed by atoms with van der Waals surface area (Å²) in [6, 6.07) is 10.6. The van der Waals surface area contributed by atoms with E-state index >= 15 is 0 Å². The van der Waals surface area contributed by atoms with Gasteiger partial charge in [-0.2, -0.15) is 10.0 Å². The number of thioether (sulfide) groups is 1. The second-order valence-corrected chi connectivity index (χ2v) is 12.6. The minimum Gasteiger partial charge on any atom is -0.370 e. The molecule has 0 radical (unpaired) electrons. The fourth-order valence-electron chi connectivity index (χ4n) is 4.89. The van der Waals surface area contributed by atoms with Gasteiger partial charge in [-0.25, -0.2) is 0 Å². The first-order valence-electron chi connectivity index (χ1n) is 14.9. The topological polar surface area (TPSA) is 186 Å². The molecule has 5 amide bonds. The maximum atomic E-state index is 13.5. The van der Waals surface area contributed by atoms with Gasteiger partial charge in [-0.05, 0) is 35.9 Å². The van der Waals surface area contributed by atoms with Crippen LogP contribution in [0.1, 0.15) is 33.0 Å². The van der Waals surface area contributed by atoms with Crippen molar-refractivity contribution in [3.8, 4) is 0 Å². The predicted octanol–water partition coefficient (Wildman–Crippen LogP) is 2.66. The number of allylic oxidation sites excluding steroid dienone is 3. The molecule has 256 valence electrons. The first-order chi connectivity index (χ1) is 23.3. The molecular formula is C33H36ClN8O6S+. The highest BCUT2D eigenvalue weighted by atomic mass is 35.5. The number of quaternary nitrogens is 1. The quantitative estimate of drug-likeness (QED) is 0.0498. The lowest BCUT2D eigenvalue weighted by Gasteiger charge is -2.25. The molecule has 2 aromatic heterocycles. The first-order valence-corrected chi connectivity index (χ1v) is 16.4. The van der Waals surface area contributed by atoms with Gasteiger partial charge in [0.15, 0.2) is 5.78 Å². The number of ketones is 1. The fraction of sp³-hybridized carbons (Fsp3) is 0.212. The van der Waals surface area contributed by atoms with Crippen LogP contribution in [0.25, 0.3) is 6.08 Å². The van der Waals surface area contributed by atoms with Crippen molar-refractivity contribution in [2.45, 2.75) is 11.3 Å². The van der Waals surface area contributed by atoms with Gasteiger partial charge in [0.2, 0.25) is 11.6 Å². The number of rotatable bonds is 16. The van der Waals surface area contributed by atoms with Gasteiger partial charge < -0.3 is 30.8 Å². The van der Waals surface area contributed by atoms with E-state index in [0.717, 1.165) is 16.2 Å². The minimum atomic E-state index is -0.613. The van der Waals surface area contributed by atoms with E-state index in [4.69, 9.17) is 17.3 Å². The van der Waals surface area contributed by atoms with E-state index < -0.39 is 28.2 Å². The molecule has 1 aliphatic heterocycles. The van der Waals surface area contributed by atoms with E-state index in [0.29, 0.717) is 18.0 Å². The largest absolute Gasteiger partial charge is 0.370 e. The van der Waals surface area contributed by atoms with Crippen LogP contribution in [0.5, 0.6) is 0 Å². The van der Waals surface area contributed by atoms with Crippen molar-refractivity contribution < 1.29 is 33.4 Å². The van der Waals surface area contributed by atoms with Crippen LogP contribution in [0.2, 0.25) is 0 Å². The van der Waals surface area contributed by atoms with Crippen LogP contribution in [0.3, 0.4) is 0 Å². The molecule has 49 heavy (non-hydrogen) atoms. The summed E-state index contributed by atoms with van der Waals surface area (Å²) < 4.78 is 2.56. The Morgan fingerprint density at radius 1 is 0.939 bits per heavy atom. The second kappa shape index (κ2) is 16.1. The number of nitrogens with one attached hydrogen (secondary N) is 4. The second-order valence-electron chi connectivity index (χ2n) is 11.1. The molecule has 1 aromatic carbocycles. The smallest absolute Gasteiger partial charge is 0.312 e. The molecule has 1 aliphatic rings. The molecule has 16 heteroatoms. The number of amides is 5. The van der Waals surface area contributed by atoms with Crippen molar-refractivity contribution in [2.75, 3.05) is 35.9 Å². The molecule has 0 bridgehead atoms. The van der Waals surface area contributed by atoms with Crippen LogP contribution >= 0.6 is 23.4 Å². The summed E-state index contributed by atoms with van der Waals surface area (Å²) in [5.74, 6) is -1.14. The van der Waals surface area contributed by atoms with Crippen molar-refractivity contribution in [1.82, 2.24) is 19.9 Å². The molecule has 0 saturated heterocycles. The monoisotopic (exact) mass is 707 g/mol. The lowest BCUT2D eigenvalue weighted by atomic mass is 10.1. The molecule has 14 nitrogen and oxygen atoms in total. The number of hydrogen-bond acceptors (Lipinski definition) is 7. The third-order valence-corrected chi connectivity index (χ3v) is 8.76. The number of alkyl halides is 1. The van der Waals surface area contributed by atoms with Crippen molar-refractivity contribution >= 4 is 76.6 Å². The fourth-order valence-corrected chi connectivity index (χ4v) is 5.76. The summed E-state index contributed by atoms with van der Waals surface area (Å²) in [6.45, 7) is 0.0778. The van der Waals surface area contributed by atoms with Crippen molar-refractivity contribution in [1.29, 1.82) is 0 Å². The SMILES string of the molecule is Cn1cc(NC(=O)c2cc(NC(=O)C3=CC(C(=O)C=Cc4ccc(SCCCl)cc4)=C[N+]3(C)NC=O)cn2C)cc1C(=O)NCCC(N)=O. The van der Waals surface area contributed by atoms with Gasteiger partial charge in [-0.15, -0.1) is 23.4 Å². The Morgan fingerprint density at radius 2 is 1.55 bits per heavy atom. The van der Waals surface area contributed by atoms with E-state index in [1.807, 2.05) is 24.3 Å². The summed E-state index contributed by atoms with van der Waals surface area (Å²) in [4.78, 5) is 75.6. The summed E-state index contributed by atoms with van der Waals surface area (Å²) in [5, 5.41) is 8.04. The molecule has 1 atom stereocenters. The molecule has 4 rings (SSSR count). The lowest BCUT2D eigenvalue weighted by Crippen LogP contribution is -2.50. The zero-order valence-corrected chi connectivity index (χ0v) is 28.6. The van der Waals surface area contributed by atoms with Gasteiger partial charge in [-0.1, -0.05) is 18.2 Å². The minimum absolute atomic E-state index is 0.00611. The maximum Gasteiger partial charge on any atom is 0.312 e. The first kappa shape index (κ1) is 36.5.